The minimum atomic E-state index is -1.21. The first-order valence-corrected chi connectivity index (χ1v) is 17.8. The number of nitrogens with one attached hydrogen (secondary N) is 5. The van der Waals surface area contributed by atoms with Gasteiger partial charge in [-0.2, -0.15) is 0 Å². The van der Waals surface area contributed by atoms with E-state index in [0.717, 1.165) is 22.0 Å². The van der Waals surface area contributed by atoms with Crippen LogP contribution >= 0.6 is 0 Å². The summed E-state index contributed by atoms with van der Waals surface area (Å²) >= 11 is 0. The number of aliphatic imine (C=N–C) groups is 1. The Morgan fingerprint density at radius 2 is 1.36 bits per heavy atom. The van der Waals surface area contributed by atoms with Gasteiger partial charge in [-0.25, -0.2) is 4.79 Å². The normalized spacial score (nSPS) is 14.0. The minimum absolute atomic E-state index is 0.0266. The molecule has 16 heteroatoms. The van der Waals surface area contributed by atoms with E-state index in [4.69, 9.17) is 22.9 Å². The lowest BCUT2D eigenvalue weighted by molar-refractivity contribution is -0.143. The van der Waals surface area contributed by atoms with Gasteiger partial charge in [0.1, 0.15) is 24.2 Å². The predicted octanol–water partition coefficient (Wildman–Crippen LogP) is 0.143. The van der Waals surface area contributed by atoms with Gasteiger partial charge in [0.05, 0.1) is 6.04 Å². The van der Waals surface area contributed by atoms with Gasteiger partial charge in [-0.15, -0.1) is 0 Å². The largest absolute Gasteiger partial charge is 0.480 e. The first-order valence-electron chi connectivity index (χ1n) is 17.8. The lowest BCUT2D eigenvalue weighted by Crippen LogP contribution is -2.59. The second-order valence-electron chi connectivity index (χ2n) is 13.3. The number of carboxylic acid groups (broad SMARTS) is 1. The molecule has 1 heterocycles. The number of carbonyl (C=O) groups is 5. The number of fused-ring (bicyclic) bond motifs is 1. The Morgan fingerprint density at radius 3 is 2.00 bits per heavy atom. The monoisotopic (exact) mass is 734 g/mol. The molecule has 0 saturated heterocycles. The van der Waals surface area contributed by atoms with Crippen molar-refractivity contribution in [3.8, 4) is 0 Å². The number of para-hydroxylation sites is 1. The van der Waals surface area contributed by atoms with Crippen LogP contribution in [-0.2, 0) is 36.8 Å². The van der Waals surface area contributed by atoms with Crippen molar-refractivity contribution >= 4 is 46.5 Å². The maximum atomic E-state index is 14.2. The molecular weight excluding hydrogens is 680 g/mol. The van der Waals surface area contributed by atoms with Crippen LogP contribution in [0.2, 0.25) is 0 Å². The summed E-state index contributed by atoms with van der Waals surface area (Å²) in [6, 6.07) is 10.8. The quantitative estimate of drug-likeness (QED) is 0.0379. The van der Waals surface area contributed by atoms with Crippen LogP contribution in [0.15, 0.2) is 65.8 Å². The molecule has 2 aromatic carbocycles. The van der Waals surface area contributed by atoms with E-state index in [1.54, 1.807) is 44.3 Å². The molecule has 0 bridgehead atoms. The number of aliphatic carboxylic acids is 1. The summed E-state index contributed by atoms with van der Waals surface area (Å²) in [7, 11) is 0. The molecule has 0 unspecified atom stereocenters. The number of aromatic nitrogens is 1. The smallest absolute Gasteiger partial charge is 0.326 e. The lowest BCUT2D eigenvalue weighted by Gasteiger charge is -2.27. The van der Waals surface area contributed by atoms with Crippen molar-refractivity contribution in [1.29, 1.82) is 0 Å². The number of carbonyl (C=O) groups excluding carboxylic acids is 4. The van der Waals surface area contributed by atoms with E-state index >= 15 is 0 Å². The van der Waals surface area contributed by atoms with Gasteiger partial charge in [0.25, 0.3) is 0 Å². The third-order valence-corrected chi connectivity index (χ3v) is 8.76. The fraction of sp³-hybridized carbons (Fsp3) is 0.459. The number of amides is 4. The Bertz CT molecular complexity index is 1690. The molecule has 1 aromatic heterocycles. The number of hydrogen-bond acceptors (Lipinski definition) is 8. The van der Waals surface area contributed by atoms with E-state index in [-0.39, 0.29) is 38.2 Å². The molecular formula is C37H54N10O6. The summed E-state index contributed by atoms with van der Waals surface area (Å²) in [6.07, 6.45) is 3.84. The SMILES string of the molecule is CC(C)[C@H](NC(=O)[C@H](Cc1ccccc1)NC(=O)[C@H](Cc1c[nH]c2ccccc12)NC(=O)[C@H](CCCCN)NC(=O)[C@@H](N)CCCN=C(N)N)C(=O)O. The van der Waals surface area contributed by atoms with Gasteiger partial charge in [-0.05, 0) is 61.8 Å². The highest BCUT2D eigenvalue weighted by atomic mass is 16.4. The number of unbranched alkanes of at least 4 members (excludes halogenated alkanes) is 1. The fourth-order valence-corrected chi connectivity index (χ4v) is 5.79. The number of benzene rings is 2. The Balaban J connectivity index is 1.91. The van der Waals surface area contributed by atoms with Gasteiger partial charge in [-0.1, -0.05) is 62.4 Å². The number of rotatable bonds is 22. The molecule has 288 valence electrons. The van der Waals surface area contributed by atoms with Crippen LogP contribution in [0.1, 0.15) is 57.1 Å². The molecule has 5 atom stereocenters. The highest BCUT2D eigenvalue weighted by Gasteiger charge is 2.33. The van der Waals surface area contributed by atoms with E-state index in [1.165, 1.54) is 0 Å². The summed E-state index contributed by atoms with van der Waals surface area (Å²) < 4.78 is 0. The van der Waals surface area contributed by atoms with Crippen molar-refractivity contribution in [2.75, 3.05) is 13.1 Å². The zero-order valence-electron chi connectivity index (χ0n) is 30.3. The average Bonchev–Trinajstić information content (AvgIpc) is 3.53. The van der Waals surface area contributed by atoms with E-state index in [2.05, 4.69) is 31.2 Å². The third-order valence-electron chi connectivity index (χ3n) is 8.76. The molecule has 0 aliphatic carbocycles. The van der Waals surface area contributed by atoms with Crippen LogP contribution in [0.4, 0.5) is 0 Å². The Kier molecular flexibility index (Phi) is 16.7. The Morgan fingerprint density at radius 1 is 0.755 bits per heavy atom. The van der Waals surface area contributed by atoms with Crippen LogP contribution < -0.4 is 44.2 Å². The standard InChI is InChI=1S/C37H54N10O6/c1-22(2)31(36(52)53)47-35(51)29(19-23-11-4-3-5-12-23)45-34(50)30(20-24-21-43-27-15-7-6-13-25(24)27)46-33(49)28(16-8-9-17-38)44-32(48)26(39)14-10-18-42-37(40)41/h3-7,11-13,15,21-22,26,28-31,43H,8-10,14,16-20,38-39H2,1-2H3,(H,44,48)(H,45,50)(H,46,49)(H,47,51)(H,52,53)(H4,40,41,42)/t26-,28-,29-,30-,31-/m0/s1. The first-order chi connectivity index (χ1) is 25.3. The molecule has 0 saturated carbocycles. The number of hydrogen-bond donors (Lipinski definition) is 10. The maximum absolute atomic E-state index is 14.2. The second kappa shape index (κ2) is 21.1. The zero-order valence-corrected chi connectivity index (χ0v) is 30.3. The molecule has 0 aliphatic rings. The molecule has 0 spiro atoms. The Labute approximate surface area is 309 Å². The van der Waals surface area contributed by atoms with Crippen molar-refractivity contribution in [3.63, 3.8) is 0 Å². The molecule has 16 nitrogen and oxygen atoms in total. The van der Waals surface area contributed by atoms with Crippen LogP contribution in [-0.4, -0.2) is 88.9 Å². The summed E-state index contributed by atoms with van der Waals surface area (Å²) in [6.45, 7) is 3.99. The van der Waals surface area contributed by atoms with Crippen molar-refractivity contribution in [2.24, 2.45) is 33.8 Å². The number of carboxylic acids is 1. The molecule has 0 fully saturated rings. The van der Waals surface area contributed by atoms with Crippen LogP contribution in [0, 0.1) is 5.92 Å². The van der Waals surface area contributed by atoms with Crippen molar-refractivity contribution in [1.82, 2.24) is 26.3 Å². The predicted molar refractivity (Wildman–Crippen MR) is 203 cm³/mol. The number of nitrogens with zero attached hydrogens (tertiary/aromatic N) is 1. The van der Waals surface area contributed by atoms with Crippen LogP contribution in [0.5, 0.6) is 0 Å². The van der Waals surface area contributed by atoms with E-state index in [9.17, 15) is 29.1 Å². The number of H-pyrrole nitrogens is 1. The van der Waals surface area contributed by atoms with E-state index in [1.807, 2.05) is 30.3 Å². The number of nitrogens with two attached hydrogens (primary N) is 4. The third kappa shape index (κ3) is 13.5. The van der Waals surface area contributed by atoms with Gasteiger partial charge in [0.15, 0.2) is 5.96 Å². The highest BCUT2D eigenvalue weighted by molar-refractivity contribution is 5.96. The maximum Gasteiger partial charge on any atom is 0.326 e. The van der Waals surface area contributed by atoms with Gasteiger partial charge in [0, 0.05) is 36.5 Å². The summed E-state index contributed by atoms with van der Waals surface area (Å²) in [4.78, 5) is 74.0. The van der Waals surface area contributed by atoms with Crippen LogP contribution in [0.3, 0.4) is 0 Å². The summed E-state index contributed by atoms with van der Waals surface area (Å²) in [5.74, 6) is -4.27. The van der Waals surface area contributed by atoms with Gasteiger partial charge in [0.2, 0.25) is 23.6 Å². The molecule has 4 amide bonds. The summed E-state index contributed by atoms with van der Waals surface area (Å²) in [5, 5.41) is 21.5. The van der Waals surface area contributed by atoms with Crippen LogP contribution in [0.25, 0.3) is 10.9 Å². The molecule has 3 aromatic rings. The summed E-state index contributed by atoms with van der Waals surface area (Å²) in [5.41, 5.74) is 24.8. The van der Waals surface area contributed by atoms with Crippen molar-refractivity contribution in [2.45, 2.75) is 89.0 Å². The highest BCUT2D eigenvalue weighted by Crippen LogP contribution is 2.20. The second-order valence-corrected chi connectivity index (χ2v) is 13.3. The molecule has 14 N–H and O–H groups in total. The zero-order chi connectivity index (χ0) is 38.9. The average molecular weight is 735 g/mol. The first kappa shape index (κ1) is 41.9. The molecule has 0 aliphatic heterocycles. The van der Waals surface area contributed by atoms with Crippen molar-refractivity contribution < 1.29 is 29.1 Å². The topological polar surface area (TPSA) is 286 Å². The van der Waals surface area contributed by atoms with Gasteiger partial charge < -0.3 is 54.3 Å². The van der Waals surface area contributed by atoms with E-state index < -0.39 is 65.7 Å². The number of aromatic amines is 1. The Hall–Kier alpha value is -5.48. The van der Waals surface area contributed by atoms with Gasteiger partial charge in [-0.3, -0.25) is 24.2 Å². The molecule has 3 rings (SSSR count). The number of guanidine groups is 1. The van der Waals surface area contributed by atoms with Gasteiger partial charge >= 0.3 is 5.97 Å². The lowest BCUT2D eigenvalue weighted by atomic mass is 10.00. The fourth-order valence-electron chi connectivity index (χ4n) is 5.79. The van der Waals surface area contributed by atoms with Crippen molar-refractivity contribution in [3.05, 3.63) is 71.9 Å². The molecule has 0 radical (unpaired) electrons. The van der Waals surface area contributed by atoms with E-state index in [0.29, 0.717) is 25.8 Å². The minimum Gasteiger partial charge on any atom is -0.480 e. The molecule has 53 heavy (non-hydrogen) atoms.